The van der Waals surface area contributed by atoms with Crippen LogP contribution in [0.25, 0.3) is 0 Å². The van der Waals surface area contributed by atoms with Gasteiger partial charge in [-0.15, -0.1) is 0 Å². The molecule has 0 radical (unpaired) electrons. The molecule has 2 aliphatic heterocycles. The number of piperidine rings is 1. The van der Waals surface area contributed by atoms with Crippen molar-refractivity contribution in [3.8, 4) is 17.2 Å². The van der Waals surface area contributed by atoms with E-state index in [4.69, 9.17) is 14.2 Å². The van der Waals surface area contributed by atoms with Crippen molar-refractivity contribution in [1.82, 2.24) is 4.90 Å². The highest BCUT2D eigenvalue weighted by atomic mass is 16.7. The first kappa shape index (κ1) is 20.9. The molecule has 4 rings (SSSR count). The predicted octanol–water partition coefficient (Wildman–Crippen LogP) is 3.74. The fraction of sp³-hybridized carbons (Fsp3) is 0.409. The number of carbonyl (C=O) groups is 1. The number of anilines is 1. The molecule has 2 unspecified atom stereocenters. The zero-order valence-corrected chi connectivity index (χ0v) is 17.5. The summed E-state index contributed by atoms with van der Waals surface area (Å²) in [5, 5.41) is 14.8. The van der Waals surface area contributed by atoms with E-state index >= 15 is 0 Å². The van der Waals surface area contributed by atoms with E-state index in [9.17, 15) is 14.9 Å². The van der Waals surface area contributed by atoms with Crippen LogP contribution in [0.15, 0.2) is 36.4 Å². The van der Waals surface area contributed by atoms with E-state index in [0.717, 1.165) is 12.8 Å². The molecule has 1 saturated heterocycles. The molecular formula is C22H25N3O6. The van der Waals surface area contributed by atoms with Gasteiger partial charge in [0.1, 0.15) is 11.8 Å². The van der Waals surface area contributed by atoms with Crippen molar-refractivity contribution in [3.05, 3.63) is 52.1 Å². The third-order valence-corrected chi connectivity index (χ3v) is 5.67. The fourth-order valence-corrected chi connectivity index (χ4v) is 4.17. The molecule has 2 aliphatic rings. The summed E-state index contributed by atoms with van der Waals surface area (Å²) in [6, 6.07) is 9.05. The number of rotatable bonds is 6. The van der Waals surface area contributed by atoms with Crippen LogP contribution < -0.4 is 19.5 Å². The van der Waals surface area contributed by atoms with Crippen LogP contribution in [0.2, 0.25) is 0 Å². The molecule has 31 heavy (non-hydrogen) atoms. The number of nitro groups is 1. The van der Waals surface area contributed by atoms with Gasteiger partial charge in [0.15, 0.2) is 11.5 Å². The summed E-state index contributed by atoms with van der Waals surface area (Å²) in [5.41, 5.74) is 0.732. The Hall–Kier alpha value is -3.33. The van der Waals surface area contributed by atoms with Crippen molar-refractivity contribution in [2.45, 2.75) is 25.8 Å². The molecule has 164 valence electrons. The van der Waals surface area contributed by atoms with Crippen molar-refractivity contribution in [3.63, 3.8) is 0 Å². The molecular weight excluding hydrogens is 402 g/mol. The Morgan fingerprint density at radius 3 is 2.61 bits per heavy atom. The van der Waals surface area contributed by atoms with Gasteiger partial charge in [0, 0.05) is 12.2 Å². The van der Waals surface area contributed by atoms with Gasteiger partial charge in [0.05, 0.1) is 23.7 Å². The quantitative estimate of drug-likeness (QED) is 0.553. The Kier molecular flexibility index (Phi) is 5.94. The van der Waals surface area contributed by atoms with E-state index < -0.39 is 11.0 Å². The van der Waals surface area contributed by atoms with Crippen molar-refractivity contribution < 1.29 is 23.9 Å². The minimum absolute atomic E-state index is 0.000595. The second-order valence-corrected chi connectivity index (χ2v) is 7.88. The number of amides is 1. The number of hydrogen-bond acceptors (Lipinski definition) is 7. The van der Waals surface area contributed by atoms with Gasteiger partial charge in [-0.2, -0.15) is 0 Å². The smallest absolute Gasteiger partial charge is 0.278 e. The summed E-state index contributed by atoms with van der Waals surface area (Å²) in [6.45, 7) is 3.47. The normalized spacial score (nSPS) is 19.0. The van der Waals surface area contributed by atoms with E-state index in [1.807, 2.05) is 4.90 Å². The first-order valence-electron chi connectivity index (χ1n) is 10.2. The van der Waals surface area contributed by atoms with Crippen LogP contribution in [0.4, 0.5) is 11.4 Å². The molecule has 2 aromatic rings. The lowest BCUT2D eigenvalue weighted by Crippen LogP contribution is -2.43. The van der Waals surface area contributed by atoms with Crippen LogP contribution in [0.1, 0.15) is 31.4 Å². The van der Waals surface area contributed by atoms with Crippen molar-refractivity contribution >= 4 is 17.3 Å². The Morgan fingerprint density at radius 2 is 1.97 bits per heavy atom. The predicted molar refractivity (Wildman–Crippen MR) is 114 cm³/mol. The van der Waals surface area contributed by atoms with Gasteiger partial charge >= 0.3 is 0 Å². The Morgan fingerprint density at radius 1 is 1.26 bits per heavy atom. The molecule has 2 aromatic carbocycles. The number of nitro benzene ring substituents is 1. The van der Waals surface area contributed by atoms with Gasteiger partial charge in [-0.1, -0.05) is 6.92 Å². The van der Waals surface area contributed by atoms with E-state index in [0.29, 0.717) is 47.5 Å². The lowest BCUT2D eigenvalue weighted by atomic mass is 9.94. The summed E-state index contributed by atoms with van der Waals surface area (Å²) in [6.07, 6.45) is 1.98. The van der Waals surface area contributed by atoms with Crippen molar-refractivity contribution in [2.75, 3.05) is 32.3 Å². The Labute approximate surface area is 180 Å². The van der Waals surface area contributed by atoms with Gasteiger partial charge in [-0.05, 0) is 55.6 Å². The van der Waals surface area contributed by atoms with Gasteiger partial charge in [0.25, 0.3) is 5.69 Å². The summed E-state index contributed by atoms with van der Waals surface area (Å²) in [5.74, 6) is 1.45. The van der Waals surface area contributed by atoms with E-state index in [-0.39, 0.29) is 18.4 Å². The van der Waals surface area contributed by atoms with E-state index in [1.165, 1.54) is 6.07 Å². The summed E-state index contributed by atoms with van der Waals surface area (Å²) >= 11 is 0. The summed E-state index contributed by atoms with van der Waals surface area (Å²) in [7, 11) is 1.57. The van der Waals surface area contributed by atoms with Gasteiger partial charge in [0.2, 0.25) is 12.7 Å². The standard InChI is InChI=1S/C22H25N3O6/c1-14-4-3-9-24(12-14)21(22(26)23-15-5-7-16(29-2)8-6-15)17-10-19-20(31-13-30-19)11-18(17)25(27)28/h5-8,10-11,14,21H,3-4,9,12-13H2,1-2H3,(H,23,26). The highest BCUT2D eigenvalue weighted by molar-refractivity contribution is 5.96. The third kappa shape index (κ3) is 4.41. The molecule has 0 aromatic heterocycles. The SMILES string of the molecule is COc1ccc(NC(=O)C(c2cc3c(cc2[N+](=O)[O-])OCO3)N2CCCC(C)C2)cc1. The summed E-state index contributed by atoms with van der Waals surface area (Å²) < 4.78 is 15.9. The van der Waals surface area contributed by atoms with E-state index in [2.05, 4.69) is 12.2 Å². The number of ether oxygens (including phenoxy) is 3. The van der Waals surface area contributed by atoms with Crippen LogP contribution in [0.3, 0.4) is 0 Å². The molecule has 2 atom stereocenters. The maximum absolute atomic E-state index is 13.5. The number of likely N-dealkylation sites (tertiary alicyclic amines) is 1. The first-order chi connectivity index (χ1) is 15.0. The van der Waals surface area contributed by atoms with Gasteiger partial charge < -0.3 is 19.5 Å². The number of nitrogens with zero attached hydrogens (tertiary/aromatic N) is 2. The highest BCUT2D eigenvalue weighted by Gasteiger charge is 2.37. The number of benzene rings is 2. The first-order valence-corrected chi connectivity index (χ1v) is 10.2. The molecule has 1 amide bonds. The average molecular weight is 427 g/mol. The largest absolute Gasteiger partial charge is 0.497 e. The minimum Gasteiger partial charge on any atom is -0.497 e. The van der Waals surface area contributed by atoms with Gasteiger partial charge in [-0.3, -0.25) is 19.8 Å². The lowest BCUT2D eigenvalue weighted by molar-refractivity contribution is -0.386. The Balaban J connectivity index is 1.72. The van der Waals surface area contributed by atoms with Crippen LogP contribution in [-0.4, -0.2) is 42.7 Å². The fourth-order valence-electron chi connectivity index (χ4n) is 4.17. The zero-order chi connectivity index (χ0) is 22.0. The molecule has 0 aliphatic carbocycles. The topological polar surface area (TPSA) is 103 Å². The van der Waals surface area contributed by atoms with Gasteiger partial charge in [-0.25, -0.2) is 0 Å². The molecule has 0 saturated carbocycles. The number of methoxy groups -OCH3 is 1. The number of hydrogen-bond donors (Lipinski definition) is 1. The molecule has 1 fully saturated rings. The number of carbonyl (C=O) groups excluding carboxylic acids is 1. The molecule has 0 bridgehead atoms. The second-order valence-electron chi connectivity index (χ2n) is 7.88. The van der Waals surface area contributed by atoms with Crippen molar-refractivity contribution in [1.29, 1.82) is 0 Å². The van der Waals surface area contributed by atoms with Crippen LogP contribution in [-0.2, 0) is 4.79 Å². The average Bonchev–Trinajstić information content (AvgIpc) is 3.21. The number of fused-ring (bicyclic) bond motifs is 1. The third-order valence-electron chi connectivity index (χ3n) is 5.67. The van der Waals surface area contributed by atoms with Crippen LogP contribution in [0.5, 0.6) is 17.2 Å². The van der Waals surface area contributed by atoms with Crippen LogP contribution >= 0.6 is 0 Å². The molecule has 9 nitrogen and oxygen atoms in total. The van der Waals surface area contributed by atoms with Crippen molar-refractivity contribution in [2.24, 2.45) is 5.92 Å². The monoisotopic (exact) mass is 427 g/mol. The molecule has 2 heterocycles. The summed E-state index contributed by atoms with van der Waals surface area (Å²) in [4.78, 5) is 26.9. The Bertz CT molecular complexity index is 978. The maximum Gasteiger partial charge on any atom is 0.278 e. The van der Waals surface area contributed by atoms with E-state index in [1.54, 1.807) is 37.4 Å². The maximum atomic E-state index is 13.5. The van der Waals surface area contributed by atoms with Crippen LogP contribution in [0, 0.1) is 16.0 Å². The number of nitrogens with one attached hydrogen (secondary N) is 1. The minimum atomic E-state index is -0.834. The molecule has 9 heteroatoms. The zero-order valence-electron chi connectivity index (χ0n) is 17.5. The highest BCUT2D eigenvalue weighted by Crippen LogP contribution is 2.42. The molecule has 0 spiro atoms. The molecule has 1 N–H and O–H groups in total. The second kappa shape index (κ2) is 8.81. The lowest BCUT2D eigenvalue weighted by Gasteiger charge is -2.36.